The first-order valence-electron chi connectivity index (χ1n) is 8.74. The lowest BCUT2D eigenvalue weighted by Crippen LogP contribution is -2.39. The molecule has 0 aliphatic heterocycles. The molecule has 0 aromatic heterocycles. The van der Waals surface area contributed by atoms with Crippen molar-refractivity contribution in [3.8, 4) is 5.75 Å². The summed E-state index contributed by atoms with van der Waals surface area (Å²) in [6.07, 6.45) is 0. The fourth-order valence-corrected chi connectivity index (χ4v) is 4.36. The molecule has 8 heteroatoms. The van der Waals surface area contributed by atoms with Gasteiger partial charge in [-0.3, -0.25) is 4.79 Å². The quantitative estimate of drug-likeness (QED) is 0.601. The minimum atomic E-state index is -4.25. The van der Waals surface area contributed by atoms with Gasteiger partial charge in [-0.25, -0.2) is 9.36 Å². The molecular weight excluding hydrogens is 381 g/mol. The summed E-state index contributed by atoms with van der Waals surface area (Å²) in [4.78, 5) is 34.0. The molecule has 0 radical (unpaired) electrons. The van der Waals surface area contributed by atoms with Crippen LogP contribution in [0, 0.1) is 19.8 Å². The van der Waals surface area contributed by atoms with Crippen LogP contribution in [-0.4, -0.2) is 27.7 Å². The van der Waals surface area contributed by atoms with E-state index >= 15 is 0 Å². The Kier molecular flexibility index (Phi) is 6.65. The normalized spacial score (nSPS) is 14.2. The van der Waals surface area contributed by atoms with Crippen LogP contribution in [0.3, 0.4) is 0 Å². The van der Waals surface area contributed by atoms with Gasteiger partial charge in [0, 0.05) is 5.56 Å². The molecule has 2 rings (SSSR count). The fourth-order valence-electron chi connectivity index (χ4n) is 2.80. The average Bonchev–Trinajstić information content (AvgIpc) is 2.57. The van der Waals surface area contributed by atoms with Crippen LogP contribution in [-0.2, 0) is 4.57 Å². The average molecular weight is 405 g/mol. The second kappa shape index (κ2) is 8.59. The number of hydrogen-bond donors (Lipinski definition) is 3. The Morgan fingerprint density at radius 2 is 1.50 bits per heavy atom. The molecule has 0 saturated carbocycles. The monoisotopic (exact) mass is 405 g/mol. The predicted octanol–water partition coefficient (Wildman–Crippen LogP) is 3.98. The predicted molar refractivity (Wildman–Crippen MR) is 106 cm³/mol. The molecule has 0 aliphatic carbocycles. The van der Waals surface area contributed by atoms with E-state index in [1.807, 2.05) is 19.9 Å². The summed E-state index contributed by atoms with van der Waals surface area (Å²) in [5.74, 6) is -2.96. The number of rotatable bonds is 7. The molecule has 7 nitrogen and oxygen atoms in total. The first kappa shape index (κ1) is 21.7. The van der Waals surface area contributed by atoms with E-state index < -0.39 is 25.3 Å². The molecule has 2 aromatic carbocycles. The lowest BCUT2D eigenvalue weighted by atomic mass is 10.1. The number of carbonyl (C=O) groups is 2. The van der Waals surface area contributed by atoms with Gasteiger partial charge in [0.1, 0.15) is 11.5 Å². The summed E-state index contributed by atoms with van der Waals surface area (Å²) in [6, 6.07) is 10.5. The van der Waals surface area contributed by atoms with E-state index in [0.717, 1.165) is 11.1 Å². The van der Waals surface area contributed by atoms with Gasteiger partial charge in [0.2, 0.25) is 0 Å². The molecule has 1 amide bonds. The second-order valence-corrected chi connectivity index (χ2v) is 8.89. The van der Waals surface area contributed by atoms with E-state index in [1.54, 1.807) is 26.0 Å². The number of aromatic carboxylic acids is 1. The SMILES string of the molecule is Cc1cc(C)cc(OP(=O)(O)[C@H](NC(=O)c2ccc(C(=O)O)cc2)C(C)C)c1. The van der Waals surface area contributed by atoms with Crippen molar-refractivity contribution in [3.63, 3.8) is 0 Å². The molecule has 28 heavy (non-hydrogen) atoms. The maximum absolute atomic E-state index is 12.9. The standard InChI is InChI=1S/C20H24NO6P/c1-12(2)19(21-18(22)15-5-7-16(8-6-15)20(23)24)28(25,26)27-17-10-13(3)9-14(4)11-17/h5-12,19H,1-4H3,(H,21,22)(H,23,24)(H,25,26)/t19-/m0/s1. The topological polar surface area (TPSA) is 113 Å². The van der Waals surface area contributed by atoms with Crippen molar-refractivity contribution in [2.24, 2.45) is 5.92 Å². The maximum Gasteiger partial charge on any atom is 0.399 e. The van der Waals surface area contributed by atoms with Crippen molar-refractivity contribution in [1.29, 1.82) is 0 Å². The third-order valence-electron chi connectivity index (χ3n) is 4.09. The van der Waals surface area contributed by atoms with E-state index in [2.05, 4.69) is 5.32 Å². The van der Waals surface area contributed by atoms with Gasteiger partial charge in [0.05, 0.1) is 5.56 Å². The highest BCUT2D eigenvalue weighted by Crippen LogP contribution is 2.49. The fraction of sp³-hybridized carbons (Fsp3) is 0.300. The van der Waals surface area contributed by atoms with E-state index in [-0.39, 0.29) is 22.8 Å². The van der Waals surface area contributed by atoms with Gasteiger partial charge < -0.3 is 19.8 Å². The second-order valence-electron chi connectivity index (χ2n) is 7.02. The highest BCUT2D eigenvalue weighted by atomic mass is 31.2. The summed E-state index contributed by atoms with van der Waals surface area (Å²) in [5.41, 5.74) is 2.00. The van der Waals surface area contributed by atoms with Crippen molar-refractivity contribution < 1.29 is 28.7 Å². The van der Waals surface area contributed by atoms with Crippen LogP contribution in [0.25, 0.3) is 0 Å². The first-order chi connectivity index (χ1) is 13.0. The third kappa shape index (κ3) is 5.44. The van der Waals surface area contributed by atoms with Gasteiger partial charge >= 0.3 is 13.6 Å². The summed E-state index contributed by atoms with van der Waals surface area (Å²) < 4.78 is 18.3. The van der Waals surface area contributed by atoms with E-state index in [1.165, 1.54) is 24.3 Å². The molecule has 2 aromatic rings. The van der Waals surface area contributed by atoms with Crippen LogP contribution in [0.5, 0.6) is 5.75 Å². The molecule has 0 fully saturated rings. The minimum absolute atomic E-state index is 0.0444. The van der Waals surface area contributed by atoms with Crippen LogP contribution in [0.4, 0.5) is 0 Å². The molecule has 0 spiro atoms. The van der Waals surface area contributed by atoms with Crippen molar-refractivity contribution in [3.05, 3.63) is 64.7 Å². The highest BCUT2D eigenvalue weighted by Gasteiger charge is 2.38. The number of hydrogen-bond acceptors (Lipinski definition) is 4. The summed E-state index contributed by atoms with van der Waals surface area (Å²) >= 11 is 0. The van der Waals surface area contributed by atoms with Crippen LogP contribution in [0.1, 0.15) is 45.7 Å². The number of aryl methyl sites for hydroxylation is 2. The molecule has 0 bridgehead atoms. The van der Waals surface area contributed by atoms with Gasteiger partial charge in [0.25, 0.3) is 5.91 Å². The minimum Gasteiger partial charge on any atom is -0.478 e. The lowest BCUT2D eigenvalue weighted by molar-refractivity contribution is 0.0696. The molecule has 1 unspecified atom stereocenters. The zero-order valence-corrected chi connectivity index (χ0v) is 17.1. The number of carbonyl (C=O) groups excluding carboxylic acids is 1. The largest absolute Gasteiger partial charge is 0.478 e. The smallest absolute Gasteiger partial charge is 0.399 e. The Labute approximate surface area is 163 Å². The van der Waals surface area contributed by atoms with Crippen LogP contribution in [0.15, 0.2) is 42.5 Å². The Morgan fingerprint density at radius 1 is 1.00 bits per heavy atom. The molecule has 150 valence electrons. The van der Waals surface area contributed by atoms with Gasteiger partial charge in [-0.1, -0.05) is 19.9 Å². The van der Waals surface area contributed by atoms with Crippen LogP contribution >= 0.6 is 7.60 Å². The zero-order chi connectivity index (χ0) is 21.1. The molecule has 0 heterocycles. The lowest BCUT2D eigenvalue weighted by Gasteiger charge is -2.27. The first-order valence-corrected chi connectivity index (χ1v) is 10.4. The number of benzene rings is 2. The summed E-state index contributed by atoms with van der Waals surface area (Å²) in [5, 5.41) is 11.5. The van der Waals surface area contributed by atoms with Gasteiger partial charge in [0.15, 0.2) is 0 Å². The van der Waals surface area contributed by atoms with Crippen molar-refractivity contribution >= 4 is 19.5 Å². The van der Waals surface area contributed by atoms with Crippen LogP contribution in [0.2, 0.25) is 0 Å². The van der Waals surface area contributed by atoms with Crippen molar-refractivity contribution in [2.45, 2.75) is 33.5 Å². The van der Waals surface area contributed by atoms with Crippen molar-refractivity contribution in [2.75, 3.05) is 0 Å². The van der Waals surface area contributed by atoms with E-state index in [9.17, 15) is 19.0 Å². The molecule has 2 atom stereocenters. The Morgan fingerprint density at radius 3 is 1.96 bits per heavy atom. The Bertz CT molecular complexity index is 903. The van der Waals surface area contributed by atoms with Gasteiger partial charge in [-0.05, 0) is 67.3 Å². The number of amides is 1. The van der Waals surface area contributed by atoms with Crippen molar-refractivity contribution in [1.82, 2.24) is 5.32 Å². The van der Waals surface area contributed by atoms with Gasteiger partial charge in [-0.2, -0.15) is 0 Å². The summed E-state index contributed by atoms with van der Waals surface area (Å²) in [6.45, 7) is 7.10. The third-order valence-corrected chi connectivity index (χ3v) is 5.99. The zero-order valence-electron chi connectivity index (χ0n) is 16.2. The maximum atomic E-state index is 12.9. The number of carboxylic acids is 1. The number of nitrogens with one attached hydrogen (secondary N) is 1. The summed E-state index contributed by atoms with van der Waals surface area (Å²) in [7, 11) is -4.25. The molecule has 0 aliphatic rings. The highest BCUT2D eigenvalue weighted by molar-refractivity contribution is 7.54. The van der Waals surface area contributed by atoms with E-state index in [0.29, 0.717) is 0 Å². The van der Waals surface area contributed by atoms with Crippen LogP contribution < -0.4 is 9.84 Å². The number of carboxylic acid groups (broad SMARTS) is 1. The Hall–Kier alpha value is -2.63. The van der Waals surface area contributed by atoms with E-state index in [4.69, 9.17) is 9.63 Å². The van der Waals surface area contributed by atoms with Gasteiger partial charge in [-0.15, -0.1) is 0 Å². The molecule has 3 N–H and O–H groups in total. The Balaban J connectivity index is 2.22. The molecular formula is C20H24NO6P. The molecule has 0 saturated heterocycles.